The van der Waals surface area contributed by atoms with E-state index in [2.05, 4.69) is 42.6 Å². The maximum absolute atomic E-state index is 3.55. The minimum atomic E-state index is 0.706. The zero-order chi connectivity index (χ0) is 9.10. The molecule has 1 unspecified atom stereocenters. The van der Waals surface area contributed by atoms with Gasteiger partial charge in [-0.25, -0.2) is 0 Å². The summed E-state index contributed by atoms with van der Waals surface area (Å²) in [6, 6.07) is 11.4. The van der Waals surface area contributed by atoms with Crippen molar-refractivity contribution >= 4 is 0 Å². The first-order chi connectivity index (χ1) is 6.34. The van der Waals surface area contributed by atoms with Gasteiger partial charge in [0.05, 0.1) is 0 Å². The minimum absolute atomic E-state index is 0.706. The van der Waals surface area contributed by atoms with E-state index in [9.17, 15) is 0 Å². The molecule has 2 rings (SSSR count). The van der Waals surface area contributed by atoms with Crippen molar-refractivity contribution in [2.75, 3.05) is 6.54 Å². The lowest BCUT2D eigenvalue weighted by molar-refractivity contribution is 0.581. The van der Waals surface area contributed by atoms with Gasteiger partial charge in [-0.3, -0.25) is 0 Å². The van der Waals surface area contributed by atoms with Crippen molar-refractivity contribution in [3.63, 3.8) is 0 Å². The summed E-state index contributed by atoms with van der Waals surface area (Å²) in [5.74, 6) is 0.855. The second-order valence-corrected chi connectivity index (χ2v) is 4.14. The highest BCUT2D eigenvalue weighted by atomic mass is 14.9. The van der Waals surface area contributed by atoms with Crippen molar-refractivity contribution in [1.82, 2.24) is 5.32 Å². The van der Waals surface area contributed by atoms with E-state index in [0.29, 0.717) is 6.04 Å². The fraction of sp³-hybridized carbons (Fsp3) is 0.500. The molecule has 1 aromatic carbocycles. The molecule has 0 spiro atoms. The summed E-state index contributed by atoms with van der Waals surface area (Å²) in [6.07, 6.45) is 2.51. The minimum Gasteiger partial charge on any atom is -0.313 e. The van der Waals surface area contributed by atoms with Crippen molar-refractivity contribution in [1.29, 1.82) is 0 Å². The predicted octanol–water partition coefficient (Wildman–Crippen LogP) is 2.23. The molecule has 13 heavy (non-hydrogen) atoms. The van der Waals surface area contributed by atoms with Crippen molar-refractivity contribution in [2.45, 2.75) is 25.8 Å². The molecule has 0 saturated carbocycles. The summed E-state index contributed by atoms with van der Waals surface area (Å²) in [7, 11) is 0. The Bertz CT molecular complexity index is 255. The van der Waals surface area contributed by atoms with Crippen LogP contribution in [0.4, 0.5) is 0 Å². The molecule has 0 aromatic heterocycles. The van der Waals surface area contributed by atoms with Gasteiger partial charge in [0, 0.05) is 6.04 Å². The molecule has 0 radical (unpaired) electrons. The predicted molar refractivity (Wildman–Crippen MR) is 55.7 cm³/mol. The van der Waals surface area contributed by atoms with Crippen LogP contribution in [0.2, 0.25) is 0 Å². The Balaban J connectivity index is 1.92. The van der Waals surface area contributed by atoms with Crippen LogP contribution >= 0.6 is 0 Å². The van der Waals surface area contributed by atoms with Crippen LogP contribution < -0.4 is 5.32 Å². The van der Waals surface area contributed by atoms with E-state index < -0.39 is 0 Å². The quantitative estimate of drug-likeness (QED) is 0.726. The molecule has 1 N–H and O–H groups in total. The number of hydrogen-bond donors (Lipinski definition) is 1. The lowest BCUT2D eigenvalue weighted by Gasteiger charge is -2.09. The topological polar surface area (TPSA) is 12.0 Å². The Morgan fingerprint density at radius 3 is 2.69 bits per heavy atom. The summed E-state index contributed by atoms with van der Waals surface area (Å²) in [5.41, 5.74) is 1.45. The van der Waals surface area contributed by atoms with E-state index in [0.717, 1.165) is 5.92 Å². The second-order valence-electron chi connectivity index (χ2n) is 4.14. The van der Waals surface area contributed by atoms with Gasteiger partial charge in [-0.15, -0.1) is 0 Å². The van der Waals surface area contributed by atoms with E-state index >= 15 is 0 Å². The molecule has 1 aromatic rings. The standard InChI is InChI=1S/C12H17N/c1-10-7-12(13-9-10)8-11-5-3-2-4-6-11/h2-6,10,12-13H,7-9H2,1H3/t10?,12-/m1/s1. The SMILES string of the molecule is CC1CN[C@@H](Cc2ccccc2)C1. The molecule has 1 saturated heterocycles. The molecule has 0 aliphatic carbocycles. The summed E-state index contributed by atoms with van der Waals surface area (Å²) >= 11 is 0. The summed E-state index contributed by atoms with van der Waals surface area (Å²) in [4.78, 5) is 0. The van der Waals surface area contributed by atoms with Gasteiger partial charge in [0.25, 0.3) is 0 Å². The van der Waals surface area contributed by atoms with Gasteiger partial charge in [0.15, 0.2) is 0 Å². The number of nitrogens with one attached hydrogen (secondary N) is 1. The highest BCUT2D eigenvalue weighted by Gasteiger charge is 2.19. The first kappa shape index (κ1) is 8.76. The Morgan fingerprint density at radius 1 is 1.31 bits per heavy atom. The first-order valence-corrected chi connectivity index (χ1v) is 5.12. The fourth-order valence-electron chi connectivity index (χ4n) is 2.07. The molecule has 2 atom stereocenters. The van der Waals surface area contributed by atoms with Gasteiger partial charge in [0.1, 0.15) is 0 Å². The summed E-state index contributed by atoms with van der Waals surface area (Å²) < 4.78 is 0. The molecular weight excluding hydrogens is 158 g/mol. The largest absolute Gasteiger partial charge is 0.313 e. The number of benzene rings is 1. The molecule has 1 aliphatic heterocycles. The maximum atomic E-state index is 3.55. The van der Waals surface area contributed by atoms with Crippen molar-refractivity contribution < 1.29 is 0 Å². The normalized spacial score (nSPS) is 27.8. The molecule has 1 aliphatic rings. The van der Waals surface area contributed by atoms with Crippen LogP contribution in [0.15, 0.2) is 30.3 Å². The highest BCUT2D eigenvalue weighted by Crippen LogP contribution is 2.16. The van der Waals surface area contributed by atoms with E-state index in [1.54, 1.807) is 0 Å². The number of rotatable bonds is 2. The third-order valence-electron chi connectivity index (χ3n) is 2.77. The van der Waals surface area contributed by atoms with E-state index in [-0.39, 0.29) is 0 Å². The maximum Gasteiger partial charge on any atom is 0.0111 e. The van der Waals surface area contributed by atoms with E-state index in [1.807, 2.05) is 0 Å². The van der Waals surface area contributed by atoms with Crippen molar-refractivity contribution in [3.8, 4) is 0 Å². The van der Waals surface area contributed by atoms with E-state index in [4.69, 9.17) is 0 Å². The van der Waals surface area contributed by atoms with Crippen LogP contribution in [0.25, 0.3) is 0 Å². The van der Waals surface area contributed by atoms with Gasteiger partial charge >= 0.3 is 0 Å². The molecule has 0 amide bonds. The first-order valence-electron chi connectivity index (χ1n) is 5.12. The highest BCUT2D eigenvalue weighted by molar-refractivity contribution is 5.16. The van der Waals surface area contributed by atoms with Crippen LogP contribution in [0.1, 0.15) is 18.9 Å². The molecule has 1 fully saturated rings. The fourth-order valence-corrected chi connectivity index (χ4v) is 2.07. The van der Waals surface area contributed by atoms with Gasteiger partial charge in [-0.2, -0.15) is 0 Å². The third-order valence-corrected chi connectivity index (χ3v) is 2.77. The van der Waals surface area contributed by atoms with Crippen molar-refractivity contribution in [3.05, 3.63) is 35.9 Å². The lowest BCUT2D eigenvalue weighted by atomic mass is 10.0. The smallest absolute Gasteiger partial charge is 0.0111 e. The van der Waals surface area contributed by atoms with Crippen LogP contribution in [0, 0.1) is 5.92 Å². The Hall–Kier alpha value is -0.820. The average Bonchev–Trinajstić information content (AvgIpc) is 2.53. The monoisotopic (exact) mass is 175 g/mol. The third kappa shape index (κ3) is 2.31. The van der Waals surface area contributed by atoms with Crippen LogP contribution in [-0.2, 0) is 6.42 Å². The van der Waals surface area contributed by atoms with Gasteiger partial charge < -0.3 is 5.32 Å². The van der Waals surface area contributed by atoms with Gasteiger partial charge in [-0.1, -0.05) is 37.3 Å². The average molecular weight is 175 g/mol. The number of hydrogen-bond acceptors (Lipinski definition) is 1. The van der Waals surface area contributed by atoms with Crippen molar-refractivity contribution in [2.24, 2.45) is 5.92 Å². The Kier molecular flexibility index (Phi) is 2.65. The second kappa shape index (κ2) is 3.93. The molecule has 70 valence electrons. The zero-order valence-corrected chi connectivity index (χ0v) is 8.16. The van der Waals surface area contributed by atoms with E-state index in [1.165, 1.54) is 24.9 Å². The molecular formula is C12H17N. The molecule has 1 heteroatoms. The molecule has 1 heterocycles. The van der Waals surface area contributed by atoms with Crippen LogP contribution in [-0.4, -0.2) is 12.6 Å². The summed E-state index contributed by atoms with van der Waals surface area (Å²) in [6.45, 7) is 3.51. The van der Waals surface area contributed by atoms with Gasteiger partial charge in [0.2, 0.25) is 0 Å². The molecule has 0 bridgehead atoms. The zero-order valence-electron chi connectivity index (χ0n) is 8.16. The van der Waals surface area contributed by atoms with Crippen LogP contribution in [0.5, 0.6) is 0 Å². The lowest BCUT2D eigenvalue weighted by Crippen LogP contribution is -2.23. The Morgan fingerprint density at radius 2 is 2.08 bits per heavy atom. The Labute approximate surface area is 80.2 Å². The molecule has 1 nitrogen and oxygen atoms in total. The van der Waals surface area contributed by atoms with Gasteiger partial charge in [-0.05, 0) is 30.9 Å². The van der Waals surface area contributed by atoms with Crippen LogP contribution in [0.3, 0.4) is 0 Å². The summed E-state index contributed by atoms with van der Waals surface area (Å²) in [5, 5.41) is 3.55.